The van der Waals surface area contributed by atoms with Crippen molar-refractivity contribution in [3.63, 3.8) is 0 Å². The predicted molar refractivity (Wildman–Crippen MR) is 98.1 cm³/mol. The van der Waals surface area contributed by atoms with Crippen molar-refractivity contribution < 1.29 is 9.13 Å². The van der Waals surface area contributed by atoms with E-state index in [9.17, 15) is 4.39 Å². The van der Waals surface area contributed by atoms with Crippen molar-refractivity contribution in [1.82, 2.24) is 14.8 Å². The van der Waals surface area contributed by atoms with Crippen LogP contribution in [0.25, 0.3) is 5.69 Å². The molecule has 1 aliphatic rings. The summed E-state index contributed by atoms with van der Waals surface area (Å²) in [6.07, 6.45) is 4.26. The van der Waals surface area contributed by atoms with Gasteiger partial charge in [0.05, 0.1) is 6.10 Å². The first-order valence-electron chi connectivity index (χ1n) is 9.10. The van der Waals surface area contributed by atoms with Gasteiger partial charge in [0.25, 0.3) is 0 Å². The molecule has 5 heteroatoms. The fourth-order valence-electron chi connectivity index (χ4n) is 3.68. The van der Waals surface area contributed by atoms with Crippen LogP contribution in [0.15, 0.2) is 54.6 Å². The van der Waals surface area contributed by atoms with Gasteiger partial charge in [-0.05, 0) is 69.0 Å². The Hall–Kier alpha value is -2.69. The molecule has 1 saturated carbocycles. The fourth-order valence-corrected chi connectivity index (χ4v) is 3.68. The van der Waals surface area contributed by atoms with E-state index in [-0.39, 0.29) is 11.9 Å². The fraction of sp³-hybridized carbons (Fsp3) is 0.333. The molecule has 134 valence electrons. The second-order valence-corrected chi connectivity index (χ2v) is 6.82. The Labute approximate surface area is 152 Å². The minimum absolute atomic E-state index is 0.236. The SMILES string of the molecule is Cc1nnc([C@H]2CC[C@H](Oc3ccccc3)CC2)n1-c1ccc(F)cc1. The van der Waals surface area contributed by atoms with Gasteiger partial charge in [0, 0.05) is 11.6 Å². The Kier molecular flexibility index (Phi) is 4.69. The standard InChI is InChI=1S/C21H22FN3O/c1-15-23-24-21(25(15)18-11-9-17(22)10-12-18)16-7-13-20(14-8-16)26-19-5-3-2-4-6-19/h2-6,9-12,16,20H,7-8,13-14H2,1H3/t16-,20-. The van der Waals surface area contributed by atoms with E-state index >= 15 is 0 Å². The molecule has 0 aliphatic heterocycles. The van der Waals surface area contributed by atoms with E-state index in [1.165, 1.54) is 12.1 Å². The summed E-state index contributed by atoms with van der Waals surface area (Å²) in [7, 11) is 0. The first-order chi connectivity index (χ1) is 12.7. The molecule has 0 spiro atoms. The van der Waals surface area contributed by atoms with Gasteiger partial charge in [-0.1, -0.05) is 18.2 Å². The largest absolute Gasteiger partial charge is 0.490 e. The summed E-state index contributed by atoms with van der Waals surface area (Å²) >= 11 is 0. The molecule has 0 atom stereocenters. The lowest BCUT2D eigenvalue weighted by Gasteiger charge is -2.28. The monoisotopic (exact) mass is 351 g/mol. The topological polar surface area (TPSA) is 39.9 Å². The van der Waals surface area contributed by atoms with E-state index in [4.69, 9.17) is 4.74 Å². The van der Waals surface area contributed by atoms with Gasteiger partial charge in [-0.15, -0.1) is 10.2 Å². The summed E-state index contributed by atoms with van der Waals surface area (Å²) < 4.78 is 21.4. The summed E-state index contributed by atoms with van der Waals surface area (Å²) in [5.41, 5.74) is 0.909. The molecule has 0 unspecified atom stereocenters. The molecule has 0 N–H and O–H groups in total. The van der Waals surface area contributed by atoms with Crippen LogP contribution in [-0.4, -0.2) is 20.9 Å². The molecule has 0 radical (unpaired) electrons. The average Bonchev–Trinajstić information content (AvgIpc) is 3.05. The smallest absolute Gasteiger partial charge is 0.140 e. The van der Waals surface area contributed by atoms with E-state index < -0.39 is 0 Å². The van der Waals surface area contributed by atoms with Crippen molar-refractivity contribution in [3.05, 3.63) is 72.1 Å². The Morgan fingerprint density at radius 2 is 1.62 bits per heavy atom. The van der Waals surface area contributed by atoms with Gasteiger partial charge in [0.2, 0.25) is 0 Å². The van der Waals surface area contributed by atoms with E-state index in [0.29, 0.717) is 5.92 Å². The quantitative estimate of drug-likeness (QED) is 0.676. The molecule has 4 nitrogen and oxygen atoms in total. The van der Waals surface area contributed by atoms with Gasteiger partial charge in [0.1, 0.15) is 23.2 Å². The summed E-state index contributed by atoms with van der Waals surface area (Å²) in [5.74, 6) is 2.83. The number of rotatable bonds is 4. The minimum atomic E-state index is -0.236. The van der Waals surface area contributed by atoms with Gasteiger partial charge in [-0.3, -0.25) is 4.57 Å². The number of hydrogen-bond acceptors (Lipinski definition) is 3. The molecular formula is C21H22FN3O. The lowest BCUT2D eigenvalue weighted by molar-refractivity contribution is 0.144. The highest BCUT2D eigenvalue weighted by molar-refractivity contribution is 5.35. The zero-order chi connectivity index (χ0) is 17.9. The number of benzene rings is 2. The van der Waals surface area contributed by atoms with Crippen LogP contribution in [0.5, 0.6) is 5.75 Å². The summed E-state index contributed by atoms with van der Waals surface area (Å²) in [6, 6.07) is 16.5. The average molecular weight is 351 g/mol. The number of para-hydroxylation sites is 1. The highest BCUT2D eigenvalue weighted by atomic mass is 19.1. The molecule has 1 aromatic heterocycles. The maximum atomic E-state index is 13.3. The van der Waals surface area contributed by atoms with E-state index in [1.807, 2.05) is 41.8 Å². The van der Waals surface area contributed by atoms with Crippen molar-refractivity contribution in [1.29, 1.82) is 0 Å². The number of aromatic nitrogens is 3. The van der Waals surface area contributed by atoms with Crippen molar-refractivity contribution in [2.45, 2.75) is 44.6 Å². The van der Waals surface area contributed by atoms with E-state index in [1.54, 1.807) is 12.1 Å². The molecule has 0 saturated heterocycles. The van der Waals surface area contributed by atoms with Crippen LogP contribution in [0.2, 0.25) is 0 Å². The van der Waals surface area contributed by atoms with Crippen molar-refractivity contribution in [2.75, 3.05) is 0 Å². The summed E-state index contributed by atoms with van der Waals surface area (Å²) in [4.78, 5) is 0. The van der Waals surface area contributed by atoms with E-state index in [0.717, 1.165) is 48.8 Å². The highest BCUT2D eigenvalue weighted by Gasteiger charge is 2.28. The molecule has 1 heterocycles. The molecule has 1 fully saturated rings. The Morgan fingerprint density at radius 3 is 2.31 bits per heavy atom. The zero-order valence-corrected chi connectivity index (χ0v) is 14.8. The maximum absolute atomic E-state index is 13.3. The first-order valence-corrected chi connectivity index (χ1v) is 9.10. The number of aryl methyl sites for hydroxylation is 1. The van der Waals surface area contributed by atoms with Gasteiger partial charge < -0.3 is 4.74 Å². The molecule has 0 amide bonds. The van der Waals surface area contributed by atoms with Crippen LogP contribution in [0, 0.1) is 12.7 Å². The van der Waals surface area contributed by atoms with E-state index in [2.05, 4.69) is 10.2 Å². The maximum Gasteiger partial charge on any atom is 0.140 e. The van der Waals surface area contributed by atoms with Gasteiger partial charge in [-0.25, -0.2) is 4.39 Å². The molecule has 3 aromatic rings. The molecule has 26 heavy (non-hydrogen) atoms. The zero-order valence-electron chi connectivity index (χ0n) is 14.8. The second-order valence-electron chi connectivity index (χ2n) is 6.82. The van der Waals surface area contributed by atoms with Crippen LogP contribution >= 0.6 is 0 Å². The Morgan fingerprint density at radius 1 is 0.923 bits per heavy atom. The van der Waals surface area contributed by atoms with Gasteiger partial charge >= 0.3 is 0 Å². The number of ether oxygens (including phenoxy) is 1. The second kappa shape index (κ2) is 7.28. The Bertz CT molecular complexity index is 853. The lowest BCUT2D eigenvalue weighted by Crippen LogP contribution is -2.24. The Balaban J connectivity index is 1.47. The van der Waals surface area contributed by atoms with Crippen molar-refractivity contribution in [3.8, 4) is 11.4 Å². The highest BCUT2D eigenvalue weighted by Crippen LogP contribution is 2.35. The molecule has 4 rings (SSSR count). The molecule has 0 bridgehead atoms. The number of halogens is 1. The van der Waals surface area contributed by atoms with Crippen LogP contribution in [0.4, 0.5) is 4.39 Å². The third kappa shape index (κ3) is 3.47. The molecule has 2 aromatic carbocycles. The van der Waals surface area contributed by atoms with Crippen LogP contribution in [0.3, 0.4) is 0 Å². The number of hydrogen-bond donors (Lipinski definition) is 0. The predicted octanol–water partition coefficient (Wildman–Crippen LogP) is 4.82. The van der Waals surface area contributed by atoms with Gasteiger partial charge in [-0.2, -0.15) is 0 Å². The van der Waals surface area contributed by atoms with Gasteiger partial charge in [0.15, 0.2) is 0 Å². The molecular weight excluding hydrogens is 329 g/mol. The van der Waals surface area contributed by atoms with Crippen molar-refractivity contribution >= 4 is 0 Å². The van der Waals surface area contributed by atoms with Crippen molar-refractivity contribution in [2.24, 2.45) is 0 Å². The van der Waals surface area contributed by atoms with Crippen LogP contribution < -0.4 is 4.74 Å². The third-order valence-electron chi connectivity index (χ3n) is 5.02. The third-order valence-corrected chi connectivity index (χ3v) is 5.02. The normalized spacial score (nSPS) is 20.1. The minimum Gasteiger partial charge on any atom is -0.490 e. The lowest BCUT2D eigenvalue weighted by atomic mass is 9.86. The first kappa shape index (κ1) is 16.8. The van der Waals surface area contributed by atoms with Crippen LogP contribution in [-0.2, 0) is 0 Å². The number of nitrogens with zero attached hydrogens (tertiary/aromatic N) is 3. The summed E-state index contributed by atoms with van der Waals surface area (Å²) in [5, 5.41) is 8.69. The summed E-state index contributed by atoms with van der Waals surface area (Å²) in [6.45, 7) is 1.93. The molecule has 1 aliphatic carbocycles. The van der Waals surface area contributed by atoms with Crippen LogP contribution in [0.1, 0.15) is 43.3 Å².